The lowest BCUT2D eigenvalue weighted by molar-refractivity contribution is -0.142. The van der Waals surface area contributed by atoms with Crippen LogP contribution in [0.2, 0.25) is 0 Å². The highest BCUT2D eigenvalue weighted by Crippen LogP contribution is 2.26. The number of aryl methyl sites for hydroxylation is 2. The molecular weight excluding hydrogens is 544 g/mol. The Morgan fingerprint density at radius 2 is 1.60 bits per heavy atom. The number of nitrogens with zero attached hydrogens (tertiary/aromatic N) is 4. The zero-order valence-electron chi connectivity index (χ0n) is 26.0. The summed E-state index contributed by atoms with van der Waals surface area (Å²) in [6, 6.07) is 12.2. The molecule has 2 saturated heterocycles. The fourth-order valence-electron chi connectivity index (χ4n) is 6.68. The largest absolute Gasteiger partial charge is 0.436 e. The number of hydrogen-bond acceptors (Lipinski definition) is 6. The van der Waals surface area contributed by atoms with Gasteiger partial charge in [-0.1, -0.05) is 30.3 Å². The Kier molecular flexibility index (Phi) is 9.44. The van der Waals surface area contributed by atoms with Gasteiger partial charge in [0.05, 0.1) is 0 Å². The van der Waals surface area contributed by atoms with Gasteiger partial charge in [0.2, 0.25) is 0 Å². The summed E-state index contributed by atoms with van der Waals surface area (Å²) >= 11 is 0. The van der Waals surface area contributed by atoms with Crippen LogP contribution in [-0.2, 0) is 22.4 Å². The molecule has 0 saturated carbocycles. The van der Waals surface area contributed by atoms with Crippen LogP contribution in [0, 0.1) is 13.8 Å². The van der Waals surface area contributed by atoms with E-state index in [0.717, 1.165) is 52.9 Å². The smallest absolute Gasteiger partial charge is 0.410 e. The molecule has 2 aromatic rings. The lowest BCUT2D eigenvalue weighted by Gasteiger charge is -2.39. The van der Waals surface area contributed by atoms with Crippen LogP contribution in [-0.4, -0.2) is 103 Å². The molecule has 10 nitrogen and oxygen atoms in total. The molecule has 0 spiro atoms. The monoisotopic (exact) mass is 590 g/mol. The molecule has 3 aliphatic heterocycles. The van der Waals surface area contributed by atoms with E-state index >= 15 is 0 Å². The molecule has 0 aromatic heterocycles. The van der Waals surface area contributed by atoms with Crippen molar-refractivity contribution in [1.82, 2.24) is 19.6 Å². The number of para-hydroxylation sites is 1. The van der Waals surface area contributed by atoms with Crippen LogP contribution >= 0.6 is 0 Å². The summed E-state index contributed by atoms with van der Waals surface area (Å²) < 4.78 is 6.02. The number of fused-ring (bicyclic) bond motifs is 1. The number of nitrogens with one attached hydrogen (secondary N) is 1. The number of carbonyl (C=O) groups is 3. The fraction of sp³-hybridized carbons (Fsp3) is 0.545. The number of nitrogen functional groups attached to an aromatic ring is 1. The molecule has 43 heavy (non-hydrogen) atoms. The predicted octanol–water partition coefficient (Wildman–Crippen LogP) is 4.04. The summed E-state index contributed by atoms with van der Waals surface area (Å²) in [5.41, 5.74) is 11.7. The second-order valence-electron chi connectivity index (χ2n) is 12.5. The predicted molar refractivity (Wildman–Crippen MR) is 168 cm³/mol. The minimum atomic E-state index is -0.918. The third kappa shape index (κ3) is 7.06. The Morgan fingerprint density at radius 1 is 0.977 bits per heavy atom. The lowest BCUT2D eigenvalue weighted by atomic mass is 9.98. The molecule has 0 unspecified atom stereocenters. The van der Waals surface area contributed by atoms with Crippen molar-refractivity contribution in [1.29, 1.82) is 0 Å². The van der Waals surface area contributed by atoms with Gasteiger partial charge in [0.1, 0.15) is 0 Å². The van der Waals surface area contributed by atoms with Gasteiger partial charge in [0, 0.05) is 62.6 Å². The van der Waals surface area contributed by atoms with E-state index in [2.05, 4.69) is 24.3 Å². The third-order valence-electron chi connectivity index (χ3n) is 9.40. The second kappa shape index (κ2) is 13.2. The van der Waals surface area contributed by atoms with E-state index < -0.39 is 12.2 Å². The van der Waals surface area contributed by atoms with Gasteiger partial charge < -0.3 is 35.4 Å². The number of hydrogen-bond donors (Lipinski definition) is 2. The highest BCUT2D eigenvalue weighted by atomic mass is 16.6. The Hall–Kier alpha value is -3.79. The molecular formula is C33H46N6O4. The van der Waals surface area contributed by atoms with Gasteiger partial charge in [-0.2, -0.15) is 0 Å². The number of rotatable bonds is 6. The normalized spacial score (nSPS) is 19.1. The first-order chi connectivity index (χ1) is 20.6. The number of carbonyl (C=O) groups excluding carboxylic acids is 3. The maximum atomic E-state index is 13.8. The van der Waals surface area contributed by atoms with Gasteiger partial charge in [-0.15, -0.1) is 0 Å². The molecule has 0 radical (unpaired) electrons. The van der Waals surface area contributed by atoms with Gasteiger partial charge >= 0.3 is 12.1 Å². The van der Waals surface area contributed by atoms with Gasteiger partial charge in [-0.25, -0.2) is 9.59 Å². The first-order valence-corrected chi connectivity index (χ1v) is 15.5. The van der Waals surface area contributed by atoms with E-state index in [4.69, 9.17) is 10.5 Å². The summed E-state index contributed by atoms with van der Waals surface area (Å²) in [4.78, 5) is 47.9. The molecule has 4 amide bonds. The van der Waals surface area contributed by atoms with Gasteiger partial charge in [-0.3, -0.25) is 4.79 Å². The Bertz CT molecular complexity index is 1310. The molecule has 232 valence electrons. The molecule has 2 aromatic carbocycles. The summed E-state index contributed by atoms with van der Waals surface area (Å²) in [6.07, 6.45) is 2.79. The highest BCUT2D eigenvalue weighted by Gasteiger charge is 2.35. The van der Waals surface area contributed by atoms with Crippen molar-refractivity contribution in [2.75, 3.05) is 57.9 Å². The minimum Gasteiger partial charge on any atom is -0.436 e. The quantitative estimate of drug-likeness (QED) is 0.492. The molecule has 0 bridgehead atoms. The molecule has 3 heterocycles. The molecule has 3 aliphatic rings. The van der Waals surface area contributed by atoms with E-state index in [0.29, 0.717) is 58.0 Å². The van der Waals surface area contributed by atoms with E-state index in [1.165, 1.54) is 0 Å². The zero-order chi connectivity index (χ0) is 30.7. The first-order valence-electron chi connectivity index (χ1n) is 15.5. The van der Waals surface area contributed by atoms with Gasteiger partial charge in [-0.05, 0) is 88.4 Å². The third-order valence-corrected chi connectivity index (χ3v) is 9.40. The summed E-state index contributed by atoms with van der Waals surface area (Å²) in [5, 5.41) is 3.05. The Balaban J connectivity index is 1.23. The molecule has 3 N–H and O–H groups in total. The lowest BCUT2D eigenvalue weighted by Crippen LogP contribution is -2.52. The van der Waals surface area contributed by atoms with Crippen molar-refractivity contribution < 1.29 is 19.1 Å². The average Bonchev–Trinajstić information content (AvgIpc) is 3.17. The highest BCUT2D eigenvalue weighted by molar-refractivity contribution is 5.91. The summed E-state index contributed by atoms with van der Waals surface area (Å²) in [5.74, 6) is -0.145. The number of piperidine rings is 2. The van der Waals surface area contributed by atoms with Crippen LogP contribution in [0.15, 0.2) is 36.4 Å². The van der Waals surface area contributed by atoms with Crippen LogP contribution in [0.1, 0.15) is 47.9 Å². The maximum absolute atomic E-state index is 13.8. The number of nitrogens with two attached hydrogens (primary N) is 1. The van der Waals surface area contributed by atoms with Gasteiger partial charge in [0.15, 0.2) is 6.10 Å². The summed E-state index contributed by atoms with van der Waals surface area (Å²) in [7, 11) is 4.14. The number of benzene rings is 2. The van der Waals surface area contributed by atoms with Crippen molar-refractivity contribution in [2.45, 2.75) is 70.6 Å². The van der Waals surface area contributed by atoms with Crippen molar-refractivity contribution in [3.8, 4) is 0 Å². The zero-order valence-corrected chi connectivity index (χ0v) is 26.0. The minimum absolute atomic E-state index is 0.0366. The van der Waals surface area contributed by atoms with E-state index in [1.807, 2.05) is 60.0 Å². The first kappa shape index (κ1) is 30.7. The molecule has 10 heteroatoms. The molecule has 1 atom stereocenters. The second-order valence-corrected chi connectivity index (χ2v) is 12.5. The topological polar surface area (TPSA) is 111 Å². The van der Waals surface area contributed by atoms with Crippen LogP contribution in [0.5, 0.6) is 0 Å². The van der Waals surface area contributed by atoms with Crippen molar-refractivity contribution in [2.24, 2.45) is 0 Å². The molecule has 0 aliphatic carbocycles. The van der Waals surface area contributed by atoms with E-state index in [9.17, 15) is 14.4 Å². The van der Waals surface area contributed by atoms with Crippen molar-refractivity contribution in [3.63, 3.8) is 0 Å². The van der Waals surface area contributed by atoms with Crippen LogP contribution in [0.3, 0.4) is 0 Å². The van der Waals surface area contributed by atoms with Crippen LogP contribution in [0.4, 0.5) is 21.0 Å². The Morgan fingerprint density at radius 3 is 2.26 bits per heavy atom. The standard InChI is InChI=1S/C33H46N6O4/c1-22-19-24(20-23(2)30(22)34)21-29(31(40)37-14-10-26(11-15-37)36(3)4)43-33(42)38-16-12-27(13-17-38)39-18-9-25-7-5-6-8-28(25)35-32(39)41/h5-8,19-20,26-27,29H,9-18,21,34H2,1-4H3,(H,35,41)/t29-/m1/s1. The maximum Gasteiger partial charge on any atom is 0.410 e. The van der Waals surface area contributed by atoms with Crippen LogP contribution in [0.25, 0.3) is 0 Å². The number of anilines is 2. The van der Waals surface area contributed by atoms with Gasteiger partial charge in [0.25, 0.3) is 5.91 Å². The van der Waals surface area contributed by atoms with E-state index in [-0.39, 0.29) is 18.0 Å². The average molecular weight is 591 g/mol. The van der Waals surface area contributed by atoms with Crippen LogP contribution < -0.4 is 11.1 Å². The molecule has 2 fully saturated rings. The van der Waals surface area contributed by atoms with Crippen molar-refractivity contribution in [3.05, 3.63) is 58.7 Å². The summed E-state index contributed by atoms with van der Waals surface area (Å²) in [6.45, 7) is 6.76. The number of urea groups is 1. The fourth-order valence-corrected chi connectivity index (χ4v) is 6.68. The molecule has 5 rings (SSSR count). The SMILES string of the molecule is Cc1cc(C[C@@H](OC(=O)N2CCC(N3CCc4ccccc4NC3=O)CC2)C(=O)N2CCC(N(C)C)CC2)cc(C)c1N. The number of amides is 4. The van der Waals surface area contributed by atoms with E-state index in [1.54, 1.807) is 4.90 Å². The Labute approximate surface area is 255 Å². The number of likely N-dealkylation sites (tertiary alicyclic amines) is 2. The van der Waals surface area contributed by atoms with Crippen molar-refractivity contribution >= 4 is 29.4 Å². The number of ether oxygens (including phenoxy) is 1.